The van der Waals surface area contributed by atoms with Crippen molar-refractivity contribution < 1.29 is 4.79 Å². The van der Waals surface area contributed by atoms with Crippen LogP contribution >= 0.6 is 0 Å². The SMILES string of the molecule is N#Cc1ccc(N2CCN(C(=O)c3cncc(C#Cc4ccccc4)c3)CC2)nc1. The number of anilines is 1. The van der Waals surface area contributed by atoms with Crippen LogP contribution in [0.15, 0.2) is 67.1 Å². The van der Waals surface area contributed by atoms with Gasteiger partial charge in [0.15, 0.2) is 0 Å². The predicted molar refractivity (Wildman–Crippen MR) is 114 cm³/mol. The Hall–Kier alpha value is -4.16. The summed E-state index contributed by atoms with van der Waals surface area (Å²) in [4.78, 5) is 25.4. The highest BCUT2D eigenvalue weighted by molar-refractivity contribution is 5.94. The number of carbonyl (C=O) groups is 1. The minimum atomic E-state index is -0.0432. The zero-order valence-electron chi connectivity index (χ0n) is 16.3. The molecule has 1 aromatic carbocycles. The van der Waals surface area contributed by atoms with E-state index in [0.29, 0.717) is 42.9 Å². The summed E-state index contributed by atoms with van der Waals surface area (Å²) >= 11 is 0. The first-order valence-corrected chi connectivity index (χ1v) is 9.65. The largest absolute Gasteiger partial charge is 0.353 e. The van der Waals surface area contributed by atoms with Gasteiger partial charge in [-0.25, -0.2) is 4.98 Å². The van der Waals surface area contributed by atoms with E-state index >= 15 is 0 Å². The third-order valence-electron chi connectivity index (χ3n) is 4.88. The molecule has 1 saturated heterocycles. The van der Waals surface area contributed by atoms with E-state index in [1.165, 1.54) is 0 Å². The molecule has 0 spiro atoms. The smallest absolute Gasteiger partial charge is 0.255 e. The highest BCUT2D eigenvalue weighted by atomic mass is 16.2. The molecule has 0 aliphatic carbocycles. The summed E-state index contributed by atoms with van der Waals surface area (Å²) in [6.07, 6.45) is 4.83. The van der Waals surface area contributed by atoms with Gasteiger partial charge in [-0.05, 0) is 30.3 Å². The number of rotatable bonds is 2. The molecule has 4 rings (SSSR count). The molecule has 0 unspecified atom stereocenters. The summed E-state index contributed by atoms with van der Waals surface area (Å²) in [6, 6.07) is 17.2. The summed E-state index contributed by atoms with van der Waals surface area (Å²) < 4.78 is 0. The number of hydrogen-bond donors (Lipinski definition) is 0. The Bertz CT molecular complexity index is 1130. The van der Waals surface area contributed by atoms with E-state index in [2.05, 4.69) is 32.8 Å². The maximum atomic E-state index is 12.9. The summed E-state index contributed by atoms with van der Waals surface area (Å²) in [5, 5.41) is 8.89. The second-order valence-electron chi connectivity index (χ2n) is 6.87. The average molecular weight is 393 g/mol. The van der Waals surface area contributed by atoms with E-state index in [1.807, 2.05) is 41.3 Å². The molecular formula is C24H19N5O. The number of aromatic nitrogens is 2. The van der Waals surface area contributed by atoms with Gasteiger partial charge in [-0.2, -0.15) is 5.26 Å². The normalized spacial score (nSPS) is 13.2. The second kappa shape index (κ2) is 8.89. The van der Waals surface area contributed by atoms with E-state index in [-0.39, 0.29) is 5.91 Å². The van der Waals surface area contributed by atoms with Crippen molar-refractivity contribution in [3.05, 3.63) is 89.4 Å². The van der Waals surface area contributed by atoms with Gasteiger partial charge in [-0.15, -0.1) is 0 Å². The van der Waals surface area contributed by atoms with Crippen molar-refractivity contribution in [1.29, 1.82) is 5.26 Å². The lowest BCUT2D eigenvalue weighted by molar-refractivity contribution is 0.0746. The Kier molecular flexibility index (Phi) is 5.68. The minimum absolute atomic E-state index is 0.0432. The zero-order valence-corrected chi connectivity index (χ0v) is 16.3. The molecule has 0 N–H and O–H groups in total. The summed E-state index contributed by atoms with van der Waals surface area (Å²) in [6.45, 7) is 2.57. The van der Waals surface area contributed by atoms with Crippen LogP contribution in [0.4, 0.5) is 5.82 Å². The predicted octanol–water partition coefficient (Wildman–Crippen LogP) is 2.71. The Balaban J connectivity index is 1.41. The van der Waals surface area contributed by atoms with Crippen LogP contribution in [0, 0.1) is 23.2 Å². The molecule has 146 valence electrons. The van der Waals surface area contributed by atoms with Crippen molar-refractivity contribution >= 4 is 11.7 Å². The van der Waals surface area contributed by atoms with Crippen LogP contribution < -0.4 is 4.90 Å². The van der Waals surface area contributed by atoms with Gasteiger partial charge in [0.25, 0.3) is 5.91 Å². The maximum absolute atomic E-state index is 12.9. The van der Waals surface area contributed by atoms with Gasteiger partial charge in [-0.1, -0.05) is 30.0 Å². The highest BCUT2D eigenvalue weighted by Gasteiger charge is 2.23. The number of pyridine rings is 2. The van der Waals surface area contributed by atoms with Crippen molar-refractivity contribution in [2.75, 3.05) is 31.1 Å². The molecule has 1 aliphatic heterocycles. The number of amides is 1. The van der Waals surface area contributed by atoms with Crippen molar-refractivity contribution in [1.82, 2.24) is 14.9 Å². The van der Waals surface area contributed by atoms with Crippen LogP contribution in [0.3, 0.4) is 0 Å². The van der Waals surface area contributed by atoms with Crippen LogP contribution in [0.5, 0.6) is 0 Å². The lowest BCUT2D eigenvalue weighted by Crippen LogP contribution is -2.49. The minimum Gasteiger partial charge on any atom is -0.353 e. The van der Waals surface area contributed by atoms with Crippen molar-refractivity contribution in [3.8, 4) is 17.9 Å². The fourth-order valence-electron chi connectivity index (χ4n) is 3.25. The molecule has 0 radical (unpaired) electrons. The van der Waals surface area contributed by atoms with Crippen molar-refractivity contribution in [2.24, 2.45) is 0 Å². The number of nitriles is 1. The van der Waals surface area contributed by atoms with Crippen molar-refractivity contribution in [2.45, 2.75) is 0 Å². The monoisotopic (exact) mass is 393 g/mol. The molecule has 6 nitrogen and oxygen atoms in total. The number of hydrogen-bond acceptors (Lipinski definition) is 5. The second-order valence-corrected chi connectivity index (χ2v) is 6.87. The molecule has 30 heavy (non-hydrogen) atoms. The first kappa shape index (κ1) is 19.2. The molecule has 1 aliphatic rings. The van der Waals surface area contributed by atoms with E-state index < -0.39 is 0 Å². The topological polar surface area (TPSA) is 73.1 Å². The molecule has 1 fully saturated rings. The molecule has 2 aromatic heterocycles. The molecule has 1 amide bonds. The average Bonchev–Trinajstić information content (AvgIpc) is 2.83. The molecule has 0 saturated carbocycles. The first-order chi connectivity index (χ1) is 14.7. The van der Waals surface area contributed by atoms with E-state index in [1.54, 1.807) is 30.7 Å². The molecule has 3 heterocycles. The number of nitrogens with zero attached hydrogens (tertiary/aromatic N) is 5. The number of carbonyl (C=O) groups excluding carboxylic acids is 1. The van der Waals surface area contributed by atoms with Crippen LogP contribution in [-0.4, -0.2) is 47.0 Å². The van der Waals surface area contributed by atoms with Gasteiger partial charge in [0.2, 0.25) is 0 Å². The highest BCUT2D eigenvalue weighted by Crippen LogP contribution is 2.15. The Morgan fingerprint density at radius 2 is 1.63 bits per heavy atom. The number of piperazine rings is 1. The zero-order chi connectivity index (χ0) is 20.8. The van der Waals surface area contributed by atoms with E-state index in [9.17, 15) is 4.79 Å². The van der Waals surface area contributed by atoms with Gasteiger partial charge >= 0.3 is 0 Å². The third kappa shape index (κ3) is 4.45. The Morgan fingerprint density at radius 3 is 2.33 bits per heavy atom. The lowest BCUT2D eigenvalue weighted by Gasteiger charge is -2.35. The Labute approximate surface area is 175 Å². The molecule has 0 atom stereocenters. The van der Waals surface area contributed by atoms with E-state index in [0.717, 1.165) is 11.4 Å². The maximum Gasteiger partial charge on any atom is 0.255 e. The Morgan fingerprint density at radius 1 is 0.867 bits per heavy atom. The lowest BCUT2D eigenvalue weighted by atomic mass is 10.1. The van der Waals surface area contributed by atoms with Crippen LogP contribution in [0.2, 0.25) is 0 Å². The molecule has 6 heteroatoms. The molecule has 0 bridgehead atoms. The summed E-state index contributed by atoms with van der Waals surface area (Å²) in [7, 11) is 0. The van der Waals surface area contributed by atoms with Crippen LogP contribution in [0.1, 0.15) is 27.0 Å². The molecular weight excluding hydrogens is 374 g/mol. The van der Waals surface area contributed by atoms with Gasteiger partial charge in [0.05, 0.1) is 11.1 Å². The van der Waals surface area contributed by atoms with E-state index in [4.69, 9.17) is 5.26 Å². The van der Waals surface area contributed by atoms with Crippen LogP contribution in [0.25, 0.3) is 0 Å². The fraction of sp³-hybridized carbons (Fsp3) is 0.167. The van der Waals surface area contributed by atoms with Gasteiger partial charge in [0.1, 0.15) is 11.9 Å². The van der Waals surface area contributed by atoms with Gasteiger partial charge in [-0.3, -0.25) is 9.78 Å². The van der Waals surface area contributed by atoms with Crippen molar-refractivity contribution in [3.63, 3.8) is 0 Å². The third-order valence-corrected chi connectivity index (χ3v) is 4.88. The van der Waals surface area contributed by atoms with Gasteiger partial charge in [0, 0.05) is 55.9 Å². The first-order valence-electron chi connectivity index (χ1n) is 9.65. The van der Waals surface area contributed by atoms with Crippen LogP contribution in [-0.2, 0) is 0 Å². The quantitative estimate of drug-likeness (QED) is 0.626. The standard InChI is InChI=1S/C24H19N5O/c25-15-21-8-9-23(27-17-21)28-10-12-29(13-11-28)24(30)22-14-20(16-26-18-22)7-6-19-4-2-1-3-5-19/h1-5,8-9,14,16-18H,10-13H2. The van der Waals surface area contributed by atoms with Gasteiger partial charge < -0.3 is 9.80 Å². The molecule has 3 aromatic rings. The fourth-order valence-corrected chi connectivity index (χ4v) is 3.25. The number of benzene rings is 1. The summed E-state index contributed by atoms with van der Waals surface area (Å²) in [5.74, 6) is 6.94. The summed E-state index contributed by atoms with van der Waals surface area (Å²) in [5.41, 5.74) is 2.71.